The Balaban J connectivity index is 1.68. The van der Waals surface area contributed by atoms with Crippen LogP contribution in [0, 0.1) is 18.8 Å². The summed E-state index contributed by atoms with van der Waals surface area (Å²) in [5, 5.41) is 0. The maximum Gasteiger partial charge on any atom is 0.219 e. The molecule has 0 amide bonds. The molecule has 1 aromatic heterocycles. The van der Waals surface area contributed by atoms with Crippen LogP contribution in [-0.2, 0) is 0 Å². The first-order valence-electron chi connectivity index (χ1n) is 9.31. The van der Waals surface area contributed by atoms with Crippen molar-refractivity contribution in [1.82, 2.24) is 9.97 Å². The van der Waals surface area contributed by atoms with Crippen LogP contribution in [0.15, 0.2) is 91.3 Å². The first-order valence-corrected chi connectivity index (χ1v) is 9.31. The molecular formula is C25H20N4. The van der Waals surface area contributed by atoms with Gasteiger partial charge in [-0.3, -0.25) is 0 Å². The summed E-state index contributed by atoms with van der Waals surface area (Å²) in [5.41, 5.74) is 11.7. The number of nitrogen functional groups attached to an aromatic ring is 1. The highest BCUT2D eigenvalue weighted by Gasteiger charge is 2.13. The molecule has 1 heterocycles. The molecule has 2 N–H and O–H groups in total. The first-order chi connectivity index (χ1) is 14.2. The van der Waals surface area contributed by atoms with Crippen LogP contribution in [0.1, 0.15) is 16.7 Å². The second-order valence-corrected chi connectivity index (χ2v) is 6.58. The molecule has 0 aliphatic carbocycles. The van der Waals surface area contributed by atoms with Gasteiger partial charge in [0.1, 0.15) is 0 Å². The predicted octanol–water partition coefficient (Wildman–Crippen LogP) is 5.24. The van der Waals surface area contributed by atoms with Crippen LogP contribution >= 0.6 is 0 Å². The van der Waals surface area contributed by atoms with E-state index in [0.717, 1.165) is 28.2 Å². The summed E-state index contributed by atoms with van der Waals surface area (Å²) < 4.78 is 0. The van der Waals surface area contributed by atoms with Gasteiger partial charge in [-0.15, -0.1) is 0 Å². The number of hydrogen-bond acceptors (Lipinski definition) is 4. The van der Waals surface area contributed by atoms with E-state index in [2.05, 4.69) is 94.3 Å². The van der Waals surface area contributed by atoms with Gasteiger partial charge in [0.2, 0.25) is 5.95 Å². The average Bonchev–Trinajstić information content (AvgIpc) is 2.77. The number of rotatable bonds is 3. The minimum atomic E-state index is 0.247. The Bertz CT molecular complexity index is 1160. The van der Waals surface area contributed by atoms with E-state index in [0.29, 0.717) is 0 Å². The zero-order chi connectivity index (χ0) is 20.1. The first kappa shape index (κ1) is 18.3. The number of benzene rings is 3. The smallest absolute Gasteiger partial charge is 0.219 e. The number of para-hydroxylation sites is 2. The predicted molar refractivity (Wildman–Crippen MR) is 118 cm³/mol. The van der Waals surface area contributed by atoms with E-state index in [1.54, 1.807) is 12.4 Å². The van der Waals surface area contributed by atoms with E-state index in [1.165, 1.54) is 5.56 Å². The Morgan fingerprint density at radius 3 is 1.97 bits per heavy atom. The molecule has 0 bridgehead atoms. The van der Waals surface area contributed by atoms with Crippen LogP contribution in [0.25, 0.3) is 0 Å². The van der Waals surface area contributed by atoms with Crippen molar-refractivity contribution in [3.63, 3.8) is 0 Å². The maximum absolute atomic E-state index is 5.51. The fourth-order valence-corrected chi connectivity index (χ4v) is 3.06. The average molecular weight is 376 g/mol. The number of aromatic nitrogens is 2. The van der Waals surface area contributed by atoms with Crippen LogP contribution in [0.3, 0.4) is 0 Å². The largest absolute Gasteiger partial charge is 0.368 e. The number of nitrogens with zero attached hydrogens (tertiary/aromatic N) is 3. The molecule has 0 radical (unpaired) electrons. The Morgan fingerprint density at radius 2 is 1.28 bits per heavy atom. The summed E-state index contributed by atoms with van der Waals surface area (Å²) in [5.74, 6) is 6.46. The van der Waals surface area contributed by atoms with Crippen molar-refractivity contribution in [2.75, 3.05) is 10.6 Å². The monoisotopic (exact) mass is 376 g/mol. The van der Waals surface area contributed by atoms with Gasteiger partial charge >= 0.3 is 0 Å². The third-order valence-electron chi connectivity index (χ3n) is 4.52. The summed E-state index contributed by atoms with van der Waals surface area (Å²) in [6, 6.07) is 27.0. The van der Waals surface area contributed by atoms with Crippen LogP contribution in [0.5, 0.6) is 0 Å². The Hall–Kier alpha value is -4.10. The summed E-state index contributed by atoms with van der Waals surface area (Å²) >= 11 is 0. The Kier molecular flexibility index (Phi) is 5.22. The normalized spacial score (nSPS) is 10.1. The van der Waals surface area contributed by atoms with Gasteiger partial charge in [-0.1, -0.05) is 48.2 Å². The maximum atomic E-state index is 5.51. The molecule has 140 valence electrons. The van der Waals surface area contributed by atoms with Gasteiger partial charge in [0.25, 0.3) is 0 Å². The van der Waals surface area contributed by atoms with E-state index in [-0.39, 0.29) is 5.95 Å². The van der Waals surface area contributed by atoms with Crippen LogP contribution in [0.4, 0.5) is 23.0 Å². The van der Waals surface area contributed by atoms with Crippen molar-refractivity contribution >= 4 is 23.0 Å². The van der Waals surface area contributed by atoms with E-state index >= 15 is 0 Å². The molecule has 4 heteroatoms. The van der Waals surface area contributed by atoms with Crippen molar-refractivity contribution in [3.8, 4) is 11.8 Å². The lowest BCUT2D eigenvalue weighted by Crippen LogP contribution is -2.11. The third-order valence-corrected chi connectivity index (χ3v) is 4.52. The lowest BCUT2D eigenvalue weighted by Gasteiger charge is -2.27. The summed E-state index contributed by atoms with van der Waals surface area (Å²) in [6.07, 6.45) is 3.25. The van der Waals surface area contributed by atoms with Gasteiger partial charge in [-0.05, 0) is 55.0 Å². The van der Waals surface area contributed by atoms with Gasteiger partial charge in [-0.2, -0.15) is 0 Å². The summed E-state index contributed by atoms with van der Waals surface area (Å²) in [4.78, 5) is 10.2. The van der Waals surface area contributed by atoms with Crippen LogP contribution in [-0.4, -0.2) is 9.97 Å². The Labute approximate surface area is 170 Å². The zero-order valence-corrected chi connectivity index (χ0v) is 16.1. The van der Waals surface area contributed by atoms with E-state index in [4.69, 9.17) is 5.73 Å². The minimum Gasteiger partial charge on any atom is -0.368 e. The minimum absolute atomic E-state index is 0.247. The molecule has 29 heavy (non-hydrogen) atoms. The van der Waals surface area contributed by atoms with Gasteiger partial charge in [0.15, 0.2) is 0 Å². The molecule has 0 unspecified atom stereocenters. The van der Waals surface area contributed by atoms with Crippen molar-refractivity contribution in [2.45, 2.75) is 6.92 Å². The van der Waals surface area contributed by atoms with Gasteiger partial charge in [0.05, 0.1) is 5.56 Å². The molecule has 0 aliphatic rings. The standard InChI is InChI=1S/C25H20N4/c1-19-7-5-6-10-24(19)29(22-8-3-2-4-9-22)23-15-13-20(14-16-23)11-12-21-17-27-25(26)28-18-21/h2-10,13-18H,1H3,(H2,26,27,28). The van der Waals surface area contributed by atoms with E-state index in [1.807, 2.05) is 18.2 Å². The second kappa shape index (κ2) is 8.28. The molecule has 3 aromatic carbocycles. The topological polar surface area (TPSA) is 55.0 Å². The Morgan fingerprint density at radius 1 is 0.690 bits per heavy atom. The molecule has 4 aromatic rings. The van der Waals surface area contributed by atoms with Gasteiger partial charge < -0.3 is 10.6 Å². The zero-order valence-electron chi connectivity index (χ0n) is 16.1. The highest BCUT2D eigenvalue weighted by Crippen LogP contribution is 2.36. The molecule has 0 saturated carbocycles. The fourth-order valence-electron chi connectivity index (χ4n) is 3.06. The molecule has 0 aliphatic heterocycles. The molecule has 0 fully saturated rings. The van der Waals surface area contributed by atoms with Gasteiger partial charge in [-0.25, -0.2) is 9.97 Å². The molecular weight excluding hydrogens is 356 g/mol. The fraction of sp³-hybridized carbons (Fsp3) is 0.0400. The lowest BCUT2D eigenvalue weighted by atomic mass is 10.1. The summed E-state index contributed by atoms with van der Waals surface area (Å²) in [7, 11) is 0. The van der Waals surface area contributed by atoms with Crippen molar-refractivity contribution in [1.29, 1.82) is 0 Å². The molecule has 0 spiro atoms. The van der Waals surface area contributed by atoms with Crippen LogP contribution < -0.4 is 10.6 Å². The van der Waals surface area contributed by atoms with E-state index < -0.39 is 0 Å². The number of hydrogen-bond donors (Lipinski definition) is 1. The number of anilines is 4. The molecule has 4 rings (SSSR count). The third kappa shape index (κ3) is 4.26. The van der Waals surface area contributed by atoms with Crippen molar-refractivity contribution < 1.29 is 0 Å². The highest BCUT2D eigenvalue weighted by atomic mass is 15.1. The van der Waals surface area contributed by atoms with Crippen molar-refractivity contribution in [3.05, 3.63) is 108 Å². The number of nitrogens with two attached hydrogens (primary N) is 1. The quantitative estimate of drug-likeness (QED) is 0.497. The van der Waals surface area contributed by atoms with Crippen LogP contribution in [0.2, 0.25) is 0 Å². The van der Waals surface area contributed by atoms with Gasteiger partial charge in [0, 0.05) is 35.0 Å². The van der Waals surface area contributed by atoms with E-state index in [9.17, 15) is 0 Å². The van der Waals surface area contributed by atoms with Crippen molar-refractivity contribution in [2.24, 2.45) is 0 Å². The molecule has 0 atom stereocenters. The second-order valence-electron chi connectivity index (χ2n) is 6.58. The summed E-state index contributed by atoms with van der Waals surface area (Å²) in [6.45, 7) is 2.12. The lowest BCUT2D eigenvalue weighted by molar-refractivity contribution is 1.17. The molecule has 4 nitrogen and oxygen atoms in total. The highest BCUT2D eigenvalue weighted by molar-refractivity contribution is 5.78. The molecule has 0 saturated heterocycles. The SMILES string of the molecule is Cc1ccccc1N(c1ccccc1)c1ccc(C#Cc2cnc(N)nc2)cc1. The number of aryl methyl sites for hydroxylation is 1.